The second-order valence-electron chi connectivity index (χ2n) is 5.25. The molecule has 0 fully saturated rings. The number of ether oxygens (including phenoxy) is 1. The average molecular weight is 301 g/mol. The zero-order valence-electron chi connectivity index (χ0n) is 12.5. The van der Waals surface area contributed by atoms with Crippen molar-refractivity contribution in [2.45, 2.75) is 6.61 Å². The summed E-state index contributed by atoms with van der Waals surface area (Å²) in [5.74, 6) is 0.855. The molecular formula is C19H15N3O. The maximum Gasteiger partial charge on any atom is 0.155 e. The van der Waals surface area contributed by atoms with Crippen molar-refractivity contribution in [3.05, 3.63) is 84.9 Å². The minimum absolute atomic E-state index is 0.571. The van der Waals surface area contributed by atoms with Crippen LogP contribution >= 0.6 is 0 Å². The van der Waals surface area contributed by atoms with Crippen LogP contribution in [0.2, 0.25) is 0 Å². The highest BCUT2D eigenvalue weighted by atomic mass is 16.5. The van der Waals surface area contributed by atoms with Gasteiger partial charge in [0.15, 0.2) is 5.65 Å². The van der Waals surface area contributed by atoms with Gasteiger partial charge in [-0.25, -0.2) is 4.98 Å². The van der Waals surface area contributed by atoms with E-state index in [0.29, 0.717) is 6.61 Å². The number of aromatic nitrogens is 3. The molecule has 0 saturated heterocycles. The van der Waals surface area contributed by atoms with Crippen LogP contribution in [0.15, 0.2) is 79.4 Å². The molecule has 4 heteroatoms. The van der Waals surface area contributed by atoms with Gasteiger partial charge in [-0.1, -0.05) is 30.3 Å². The summed E-state index contributed by atoms with van der Waals surface area (Å²) < 4.78 is 7.84. The molecular weight excluding hydrogens is 286 g/mol. The summed E-state index contributed by atoms with van der Waals surface area (Å²) in [6.07, 6.45) is 7.28. The van der Waals surface area contributed by atoms with Crippen molar-refractivity contribution in [3.63, 3.8) is 0 Å². The van der Waals surface area contributed by atoms with E-state index >= 15 is 0 Å². The Morgan fingerprint density at radius 1 is 0.913 bits per heavy atom. The average Bonchev–Trinajstić information content (AvgIpc) is 3.05. The second kappa shape index (κ2) is 5.93. The van der Waals surface area contributed by atoms with Gasteiger partial charge >= 0.3 is 0 Å². The Morgan fingerprint density at radius 3 is 2.57 bits per heavy atom. The zero-order chi connectivity index (χ0) is 15.5. The normalized spacial score (nSPS) is 10.8. The van der Waals surface area contributed by atoms with E-state index in [0.717, 1.165) is 28.2 Å². The van der Waals surface area contributed by atoms with Crippen molar-refractivity contribution in [1.29, 1.82) is 0 Å². The van der Waals surface area contributed by atoms with Crippen LogP contribution in [-0.4, -0.2) is 14.4 Å². The summed E-state index contributed by atoms with van der Waals surface area (Å²) in [7, 11) is 0. The molecule has 0 N–H and O–H groups in total. The summed E-state index contributed by atoms with van der Waals surface area (Å²) in [5, 5.41) is 0. The number of hydrogen-bond acceptors (Lipinski definition) is 3. The van der Waals surface area contributed by atoms with Crippen molar-refractivity contribution in [2.75, 3.05) is 0 Å². The van der Waals surface area contributed by atoms with Crippen LogP contribution in [0.4, 0.5) is 0 Å². The largest absolute Gasteiger partial charge is 0.489 e. The van der Waals surface area contributed by atoms with Crippen LogP contribution < -0.4 is 4.74 Å². The highest BCUT2D eigenvalue weighted by Gasteiger charge is 2.05. The number of benzene rings is 2. The Morgan fingerprint density at radius 2 is 1.74 bits per heavy atom. The minimum Gasteiger partial charge on any atom is -0.489 e. The third-order valence-electron chi connectivity index (χ3n) is 3.72. The molecule has 4 rings (SSSR count). The number of hydrogen-bond donors (Lipinski definition) is 0. The van der Waals surface area contributed by atoms with Crippen LogP contribution in [-0.2, 0) is 6.61 Å². The van der Waals surface area contributed by atoms with E-state index in [1.807, 2.05) is 59.3 Å². The molecule has 112 valence electrons. The number of nitrogens with zero attached hydrogens (tertiary/aromatic N) is 3. The van der Waals surface area contributed by atoms with Crippen LogP contribution in [0.1, 0.15) is 5.56 Å². The van der Waals surface area contributed by atoms with Crippen LogP contribution in [0.5, 0.6) is 5.75 Å². The number of rotatable bonds is 4. The SMILES string of the molecule is c1ccc(COc2ccc(-c3cnc4cnccn34)cc2)cc1. The summed E-state index contributed by atoms with van der Waals surface area (Å²) in [6, 6.07) is 18.2. The van der Waals surface area contributed by atoms with E-state index in [9.17, 15) is 0 Å². The standard InChI is InChI=1S/C19H15N3O/c1-2-4-15(5-3-1)14-23-17-8-6-16(7-9-17)18-12-21-19-13-20-10-11-22(18)19/h1-13H,14H2. The van der Waals surface area contributed by atoms with E-state index in [4.69, 9.17) is 4.74 Å². The summed E-state index contributed by atoms with van der Waals surface area (Å²) in [6.45, 7) is 0.571. The molecule has 0 atom stereocenters. The quantitative estimate of drug-likeness (QED) is 0.572. The fourth-order valence-electron chi connectivity index (χ4n) is 2.52. The lowest BCUT2D eigenvalue weighted by atomic mass is 10.1. The number of fused-ring (bicyclic) bond motifs is 1. The molecule has 23 heavy (non-hydrogen) atoms. The molecule has 0 spiro atoms. The molecule has 0 saturated carbocycles. The van der Waals surface area contributed by atoms with Crippen LogP contribution in [0.25, 0.3) is 16.9 Å². The van der Waals surface area contributed by atoms with Crippen LogP contribution in [0, 0.1) is 0 Å². The third-order valence-corrected chi connectivity index (χ3v) is 3.72. The second-order valence-corrected chi connectivity index (χ2v) is 5.25. The monoisotopic (exact) mass is 301 g/mol. The lowest BCUT2D eigenvalue weighted by Gasteiger charge is -2.07. The molecule has 2 heterocycles. The molecule has 2 aromatic heterocycles. The van der Waals surface area contributed by atoms with Crippen molar-refractivity contribution >= 4 is 5.65 Å². The highest BCUT2D eigenvalue weighted by Crippen LogP contribution is 2.23. The van der Waals surface area contributed by atoms with Gasteiger partial charge in [-0.3, -0.25) is 9.38 Å². The predicted octanol–water partition coefficient (Wildman–Crippen LogP) is 3.98. The minimum atomic E-state index is 0.571. The molecule has 0 radical (unpaired) electrons. The summed E-state index contributed by atoms with van der Waals surface area (Å²) in [5.41, 5.74) is 4.13. The Kier molecular flexibility index (Phi) is 3.48. The van der Waals surface area contributed by atoms with Gasteiger partial charge in [0, 0.05) is 18.0 Å². The maximum atomic E-state index is 5.82. The van der Waals surface area contributed by atoms with E-state index in [-0.39, 0.29) is 0 Å². The number of imidazole rings is 1. The summed E-state index contributed by atoms with van der Waals surface area (Å²) in [4.78, 5) is 8.45. The first-order valence-corrected chi connectivity index (χ1v) is 7.44. The van der Waals surface area contributed by atoms with Gasteiger partial charge in [0.25, 0.3) is 0 Å². The lowest BCUT2D eigenvalue weighted by molar-refractivity contribution is 0.306. The van der Waals surface area contributed by atoms with Crippen molar-refractivity contribution in [1.82, 2.24) is 14.4 Å². The fourth-order valence-corrected chi connectivity index (χ4v) is 2.52. The van der Waals surface area contributed by atoms with E-state index in [1.54, 1.807) is 12.4 Å². The third kappa shape index (κ3) is 2.79. The molecule has 0 aliphatic rings. The van der Waals surface area contributed by atoms with Gasteiger partial charge in [-0.15, -0.1) is 0 Å². The first-order valence-electron chi connectivity index (χ1n) is 7.44. The molecule has 4 aromatic rings. The van der Waals surface area contributed by atoms with E-state index < -0.39 is 0 Å². The van der Waals surface area contributed by atoms with E-state index in [2.05, 4.69) is 22.1 Å². The highest BCUT2D eigenvalue weighted by molar-refractivity contribution is 5.63. The van der Waals surface area contributed by atoms with Gasteiger partial charge in [0.2, 0.25) is 0 Å². The Bertz CT molecular complexity index is 914. The van der Waals surface area contributed by atoms with Gasteiger partial charge in [0.05, 0.1) is 18.1 Å². The lowest BCUT2D eigenvalue weighted by Crippen LogP contribution is -1.95. The molecule has 0 aliphatic carbocycles. The maximum absolute atomic E-state index is 5.82. The first-order chi connectivity index (χ1) is 11.4. The summed E-state index contributed by atoms with van der Waals surface area (Å²) >= 11 is 0. The van der Waals surface area contributed by atoms with Gasteiger partial charge in [-0.2, -0.15) is 0 Å². The van der Waals surface area contributed by atoms with Crippen LogP contribution in [0.3, 0.4) is 0 Å². The molecule has 0 aliphatic heterocycles. The molecule has 4 nitrogen and oxygen atoms in total. The smallest absolute Gasteiger partial charge is 0.155 e. The van der Waals surface area contributed by atoms with Gasteiger partial charge in [-0.05, 0) is 29.8 Å². The first kappa shape index (κ1) is 13.5. The van der Waals surface area contributed by atoms with Crippen molar-refractivity contribution in [2.24, 2.45) is 0 Å². The Balaban J connectivity index is 1.54. The molecule has 2 aromatic carbocycles. The topological polar surface area (TPSA) is 39.4 Å². The molecule has 0 amide bonds. The molecule has 0 unspecified atom stereocenters. The van der Waals surface area contributed by atoms with Gasteiger partial charge < -0.3 is 4.74 Å². The molecule has 0 bridgehead atoms. The van der Waals surface area contributed by atoms with Gasteiger partial charge in [0.1, 0.15) is 12.4 Å². The zero-order valence-corrected chi connectivity index (χ0v) is 12.5. The Hall–Kier alpha value is -3.14. The fraction of sp³-hybridized carbons (Fsp3) is 0.0526. The van der Waals surface area contributed by atoms with Crippen molar-refractivity contribution < 1.29 is 4.74 Å². The predicted molar refractivity (Wildman–Crippen MR) is 89.2 cm³/mol. The Labute approximate surface area is 134 Å². The van der Waals surface area contributed by atoms with Crippen molar-refractivity contribution in [3.8, 4) is 17.0 Å². The van der Waals surface area contributed by atoms with E-state index in [1.165, 1.54) is 0 Å².